The van der Waals surface area contributed by atoms with Gasteiger partial charge in [0.05, 0.1) is 11.5 Å². The summed E-state index contributed by atoms with van der Waals surface area (Å²) in [6.07, 6.45) is 1.60. The first-order chi connectivity index (χ1) is 14.0. The molecule has 0 aliphatic carbocycles. The van der Waals surface area contributed by atoms with E-state index in [-0.39, 0.29) is 49.4 Å². The summed E-state index contributed by atoms with van der Waals surface area (Å²) in [5.74, 6) is -2.42. The average molecular weight is 465 g/mol. The molecule has 3 rings (SSSR count). The predicted octanol–water partition coefficient (Wildman–Crippen LogP) is 1.79. The van der Waals surface area contributed by atoms with Crippen LogP contribution in [0.25, 0.3) is 0 Å². The standard InChI is InChI=1S/C19H26F2N2O5S2/c1-2-8-23(16-7-11-29(25,26)13-16)19(24)14-5-9-22(10-6-14)30(27,28)18-12-15(20)3-4-17(18)21/h3-4,12,14,16H,2,5-11,13H2,1H3. The molecule has 0 spiro atoms. The summed E-state index contributed by atoms with van der Waals surface area (Å²) < 4.78 is 77.5. The van der Waals surface area contributed by atoms with Gasteiger partial charge in [-0.1, -0.05) is 6.92 Å². The molecule has 1 amide bonds. The van der Waals surface area contributed by atoms with Crippen LogP contribution in [0.2, 0.25) is 0 Å². The Morgan fingerprint density at radius 3 is 2.43 bits per heavy atom. The highest BCUT2D eigenvalue weighted by Crippen LogP contribution is 2.28. The molecule has 1 unspecified atom stereocenters. The summed E-state index contributed by atoms with van der Waals surface area (Å²) >= 11 is 0. The fourth-order valence-electron chi connectivity index (χ4n) is 4.13. The van der Waals surface area contributed by atoms with Crippen molar-refractivity contribution < 1.29 is 30.4 Å². The third kappa shape index (κ3) is 4.83. The van der Waals surface area contributed by atoms with Gasteiger partial charge in [0.1, 0.15) is 16.5 Å². The molecular weight excluding hydrogens is 438 g/mol. The molecule has 0 aromatic heterocycles. The molecule has 2 fully saturated rings. The number of benzene rings is 1. The van der Waals surface area contributed by atoms with Gasteiger partial charge in [-0.3, -0.25) is 4.79 Å². The molecule has 2 heterocycles. The van der Waals surface area contributed by atoms with Gasteiger partial charge < -0.3 is 4.90 Å². The summed E-state index contributed by atoms with van der Waals surface area (Å²) in [5.41, 5.74) is 0. The number of sulfonamides is 1. The van der Waals surface area contributed by atoms with Crippen LogP contribution in [0.1, 0.15) is 32.6 Å². The van der Waals surface area contributed by atoms with Gasteiger partial charge in [-0.2, -0.15) is 4.31 Å². The largest absolute Gasteiger partial charge is 0.338 e. The van der Waals surface area contributed by atoms with E-state index in [0.29, 0.717) is 25.5 Å². The zero-order valence-electron chi connectivity index (χ0n) is 16.8. The van der Waals surface area contributed by atoms with Gasteiger partial charge in [0.15, 0.2) is 9.84 Å². The number of sulfone groups is 1. The molecular formula is C19H26F2N2O5S2. The SMILES string of the molecule is CCCN(C(=O)C1CCN(S(=O)(=O)c2cc(F)ccc2F)CC1)C1CCS(=O)(=O)C1. The number of halogens is 2. The maximum absolute atomic E-state index is 14.0. The van der Waals surface area contributed by atoms with Gasteiger partial charge in [-0.05, 0) is 43.9 Å². The van der Waals surface area contributed by atoms with Gasteiger partial charge in [-0.25, -0.2) is 25.6 Å². The molecule has 2 aliphatic rings. The second-order valence-corrected chi connectivity index (χ2v) is 12.0. The molecule has 1 aromatic carbocycles. The third-order valence-corrected chi connectivity index (χ3v) is 9.38. The Kier molecular flexibility index (Phi) is 6.83. The molecule has 2 saturated heterocycles. The number of hydrogen-bond donors (Lipinski definition) is 0. The average Bonchev–Trinajstić information content (AvgIpc) is 3.07. The number of rotatable bonds is 6. The molecule has 30 heavy (non-hydrogen) atoms. The van der Waals surface area contributed by atoms with Gasteiger partial charge in [0.2, 0.25) is 15.9 Å². The Morgan fingerprint density at radius 2 is 1.87 bits per heavy atom. The van der Waals surface area contributed by atoms with Gasteiger partial charge in [0.25, 0.3) is 0 Å². The van der Waals surface area contributed by atoms with Crippen molar-refractivity contribution in [2.24, 2.45) is 5.92 Å². The van der Waals surface area contributed by atoms with E-state index in [0.717, 1.165) is 16.4 Å². The zero-order valence-corrected chi connectivity index (χ0v) is 18.4. The van der Waals surface area contributed by atoms with Crippen molar-refractivity contribution in [1.82, 2.24) is 9.21 Å². The lowest BCUT2D eigenvalue weighted by molar-refractivity contribution is -0.138. The molecule has 168 valence electrons. The van der Waals surface area contributed by atoms with E-state index in [9.17, 15) is 30.4 Å². The molecule has 0 N–H and O–H groups in total. The molecule has 1 aromatic rings. The minimum atomic E-state index is -4.21. The van der Waals surface area contributed by atoms with Crippen molar-refractivity contribution in [2.75, 3.05) is 31.1 Å². The summed E-state index contributed by atoms with van der Waals surface area (Å²) in [6.45, 7) is 2.38. The second-order valence-electron chi connectivity index (χ2n) is 7.84. The number of carbonyl (C=O) groups excluding carboxylic acids is 1. The first-order valence-corrected chi connectivity index (χ1v) is 13.3. The van der Waals surface area contributed by atoms with E-state index in [1.54, 1.807) is 4.90 Å². The summed E-state index contributed by atoms with van der Waals surface area (Å²) in [5, 5.41) is 0. The third-order valence-electron chi connectivity index (χ3n) is 5.71. The number of amides is 1. The quantitative estimate of drug-likeness (QED) is 0.640. The van der Waals surface area contributed by atoms with E-state index in [1.165, 1.54) is 0 Å². The molecule has 0 bridgehead atoms. The Hall–Kier alpha value is -1.59. The maximum Gasteiger partial charge on any atom is 0.246 e. The van der Waals surface area contributed by atoms with Crippen LogP contribution in [0.5, 0.6) is 0 Å². The van der Waals surface area contributed by atoms with Crippen molar-refractivity contribution >= 4 is 25.8 Å². The van der Waals surface area contributed by atoms with Crippen LogP contribution in [-0.4, -0.2) is 69.1 Å². The number of piperidine rings is 1. The van der Waals surface area contributed by atoms with E-state index < -0.39 is 42.3 Å². The minimum Gasteiger partial charge on any atom is -0.338 e. The van der Waals surface area contributed by atoms with Crippen LogP contribution in [0.4, 0.5) is 8.78 Å². The smallest absolute Gasteiger partial charge is 0.246 e. The molecule has 0 radical (unpaired) electrons. The highest BCUT2D eigenvalue weighted by atomic mass is 32.2. The van der Waals surface area contributed by atoms with Crippen molar-refractivity contribution in [3.63, 3.8) is 0 Å². The number of nitrogens with zero attached hydrogens (tertiary/aromatic N) is 2. The first kappa shape index (κ1) is 23.1. The van der Waals surface area contributed by atoms with Crippen LogP contribution in [-0.2, 0) is 24.7 Å². The van der Waals surface area contributed by atoms with Gasteiger partial charge in [-0.15, -0.1) is 0 Å². The van der Waals surface area contributed by atoms with Crippen LogP contribution in [0.3, 0.4) is 0 Å². The Labute approximate surface area is 176 Å². The molecule has 11 heteroatoms. The van der Waals surface area contributed by atoms with E-state index in [4.69, 9.17) is 0 Å². The first-order valence-electron chi connectivity index (χ1n) is 10.0. The summed E-state index contributed by atoms with van der Waals surface area (Å²) in [4.78, 5) is 14.0. The monoisotopic (exact) mass is 464 g/mol. The minimum absolute atomic E-state index is 0.0115. The Morgan fingerprint density at radius 1 is 1.20 bits per heavy atom. The number of hydrogen-bond acceptors (Lipinski definition) is 5. The Bertz CT molecular complexity index is 1010. The normalized spacial score (nSPS) is 22.8. The van der Waals surface area contributed by atoms with Crippen LogP contribution in [0, 0.1) is 17.6 Å². The molecule has 0 saturated carbocycles. The van der Waals surface area contributed by atoms with Crippen molar-refractivity contribution in [2.45, 2.75) is 43.5 Å². The lowest BCUT2D eigenvalue weighted by atomic mass is 9.95. The molecule has 2 aliphatic heterocycles. The van der Waals surface area contributed by atoms with Gasteiger partial charge >= 0.3 is 0 Å². The molecule has 7 nitrogen and oxygen atoms in total. The van der Waals surface area contributed by atoms with Crippen molar-refractivity contribution in [3.05, 3.63) is 29.8 Å². The van der Waals surface area contributed by atoms with Crippen LogP contribution < -0.4 is 0 Å². The van der Waals surface area contributed by atoms with E-state index in [1.807, 2.05) is 6.92 Å². The zero-order chi connectivity index (χ0) is 22.1. The summed E-state index contributed by atoms with van der Waals surface area (Å²) in [7, 11) is -7.35. The van der Waals surface area contributed by atoms with E-state index in [2.05, 4.69) is 0 Å². The summed E-state index contributed by atoms with van der Waals surface area (Å²) in [6, 6.07) is 1.94. The van der Waals surface area contributed by atoms with Crippen molar-refractivity contribution in [3.8, 4) is 0 Å². The van der Waals surface area contributed by atoms with Crippen molar-refractivity contribution in [1.29, 1.82) is 0 Å². The lowest BCUT2D eigenvalue weighted by Gasteiger charge is -2.35. The maximum atomic E-state index is 14.0. The lowest BCUT2D eigenvalue weighted by Crippen LogP contribution is -2.48. The van der Waals surface area contributed by atoms with E-state index >= 15 is 0 Å². The highest BCUT2D eigenvalue weighted by molar-refractivity contribution is 7.91. The number of carbonyl (C=O) groups is 1. The highest BCUT2D eigenvalue weighted by Gasteiger charge is 2.39. The van der Waals surface area contributed by atoms with Crippen LogP contribution in [0.15, 0.2) is 23.1 Å². The topological polar surface area (TPSA) is 91.8 Å². The predicted molar refractivity (Wildman–Crippen MR) is 107 cm³/mol. The molecule has 1 atom stereocenters. The van der Waals surface area contributed by atoms with Crippen LogP contribution >= 0.6 is 0 Å². The fourth-order valence-corrected chi connectivity index (χ4v) is 7.40. The fraction of sp³-hybridized carbons (Fsp3) is 0.632. The second kappa shape index (κ2) is 8.88. The Balaban J connectivity index is 1.69. The van der Waals surface area contributed by atoms with Gasteiger partial charge in [0, 0.05) is 31.6 Å².